The topological polar surface area (TPSA) is 132 Å². The second-order valence-corrected chi connectivity index (χ2v) is 1.14. The first kappa shape index (κ1) is 31.1. The first-order valence-corrected chi connectivity index (χ1v) is 1.99. The van der Waals surface area contributed by atoms with Crippen LogP contribution in [0, 0.1) is 0 Å². The Balaban J connectivity index is -0.0000000208. The van der Waals surface area contributed by atoms with E-state index in [9.17, 15) is 4.79 Å². The molecular formula is C4H16CaO5. The summed E-state index contributed by atoms with van der Waals surface area (Å²) in [5, 5.41) is 7.91. The van der Waals surface area contributed by atoms with E-state index in [0.29, 0.717) is 6.42 Å². The fourth-order valence-corrected chi connectivity index (χ4v) is 0.214. The minimum absolute atomic E-state index is 0. The van der Waals surface area contributed by atoms with Crippen molar-refractivity contribution in [2.24, 2.45) is 0 Å². The van der Waals surface area contributed by atoms with Crippen LogP contribution in [0.4, 0.5) is 0 Å². The molecule has 0 radical (unpaired) electrons. The van der Waals surface area contributed by atoms with E-state index in [2.05, 4.69) is 0 Å². The molecule has 0 aromatic carbocycles. The second-order valence-electron chi connectivity index (χ2n) is 1.14. The summed E-state index contributed by atoms with van der Waals surface area (Å²) in [6.07, 6.45) is 1.02. The molecule has 0 bridgehead atoms. The van der Waals surface area contributed by atoms with Crippen molar-refractivity contribution in [3.8, 4) is 0 Å². The number of carboxylic acids is 1. The van der Waals surface area contributed by atoms with Crippen molar-refractivity contribution in [1.29, 1.82) is 0 Å². The third-order valence-corrected chi connectivity index (χ3v) is 0.464. The molecule has 0 rings (SSSR count). The van der Waals surface area contributed by atoms with Gasteiger partial charge in [0.15, 0.2) is 0 Å². The Kier molecular flexibility index (Phi) is 70.5. The van der Waals surface area contributed by atoms with Crippen molar-refractivity contribution in [3.63, 3.8) is 0 Å². The SMILES string of the molecule is CCCC(=O)O.O.O.O.[CaH2]. The average molecular weight is 184 g/mol. The van der Waals surface area contributed by atoms with Crippen molar-refractivity contribution >= 4 is 43.7 Å². The number of carbonyl (C=O) groups is 1. The van der Waals surface area contributed by atoms with Crippen LogP contribution in [0.2, 0.25) is 0 Å². The summed E-state index contributed by atoms with van der Waals surface area (Å²) in [5.74, 6) is -0.711. The Morgan fingerprint density at radius 2 is 1.60 bits per heavy atom. The van der Waals surface area contributed by atoms with Crippen LogP contribution < -0.4 is 0 Å². The standard InChI is InChI=1S/C4H8O2.Ca.3H2O.2H/c1-2-3-4(5)6;;;;;;/h2-3H2,1H3,(H,5,6);;3*1H2;;. The molecule has 6 heteroatoms. The quantitative estimate of drug-likeness (QED) is 0.474. The molecule has 0 atom stereocenters. The van der Waals surface area contributed by atoms with Crippen LogP contribution in [-0.2, 0) is 4.79 Å². The van der Waals surface area contributed by atoms with E-state index in [4.69, 9.17) is 5.11 Å². The van der Waals surface area contributed by atoms with Crippen LogP contribution in [-0.4, -0.2) is 65.2 Å². The summed E-state index contributed by atoms with van der Waals surface area (Å²) < 4.78 is 0. The molecule has 0 unspecified atom stereocenters. The summed E-state index contributed by atoms with van der Waals surface area (Å²) in [5.41, 5.74) is 0. The van der Waals surface area contributed by atoms with Gasteiger partial charge in [0, 0.05) is 6.42 Å². The van der Waals surface area contributed by atoms with E-state index >= 15 is 0 Å². The molecule has 5 nitrogen and oxygen atoms in total. The molecule has 0 aliphatic carbocycles. The molecule has 0 amide bonds. The zero-order valence-corrected chi connectivity index (χ0v) is 5.27. The van der Waals surface area contributed by atoms with Gasteiger partial charge >= 0.3 is 43.7 Å². The van der Waals surface area contributed by atoms with Crippen LogP contribution in [0.3, 0.4) is 0 Å². The van der Waals surface area contributed by atoms with Gasteiger partial charge in [-0.15, -0.1) is 0 Å². The zero-order chi connectivity index (χ0) is 4.99. The first-order chi connectivity index (χ1) is 2.77. The van der Waals surface area contributed by atoms with Crippen LogP contribution in [0.1, 0.15) is 19.8 Å². The molecule has 0 saturated heterocycles. The molecule has 0 saturated carbocycles. The van der Waals surface area contributed by atoms with Crippen molar-refractivity contribution in [3.05, 3.63) is 0 Å². The Bertz CT molecular complexity index is 57.6. The van der Waals surface area contributed by atoms with Gasteiger partial charge in [-0.05, 0) is 6.42 Å². The molecule has 0 aromatic rings. The number of hydrogen-bond acceptors (Lipinski definition) is 1. The molecule has 0 spiro atoms. The molecule has 0 heterocycles. The van der Waals surface area contributed by atoms with E-state index in [1.165, 1.54) is 0 Å². The molecule has 0 fully saturated rings. The summed E-state index contributed by atoms with van der Waals surface area (Å²) in [6.45, 7) is 1.84. The van der Waals surface area contributed by atoms with Crippen molar-refractivity contribution in [1.82, 2.24) is 0 Å². The predicted molar refractivity (Wildman–Crippen MR) is 41.9 cm³/mol. The van der Waals surface area contributed by atoms with E-state index in [1.54, 1.807) is 0 Å². The molecule has 0 aliphatic heterocycles. The minimum atomic E-state index is -0.711. The van der Waals surface area contributed by atoms with Crippen LogP contribution >= 0.6 is 0 Å². The Morgan fingerprint density at radius 1 is 1.30 bits per heavy atom. The number of aliphatic carboxylic acids is 1. The van der Waals surface area contributed by atoms with E-state index < -0.39 is 5.97 Å². The summed E-state index contributed by atoms with van der Waals surface area (Å²) in [4.78, 5) is 9.60. The number of hydrogen-bond donors (Lipinski definition) is 1. The van der Waals surface area contributed by atoms with E-state index in [1.807, 2.05) is 6.92 Å². The molecule has 64 valence electrons. The fraction of sp³-hybridized carbons (Fsp3) is 0.750. The van der Waals surface area contributed by atoms with Crippen LogP contribution in [0.5, 0.6) is 0 Å². The van der Waals surface area contributed by atoms with E-state index in [0.717, 1.165) is 6.42 Å². The molecule has 7 N–H and O–H groups in total. The average Bonchev–Trinajstić information content (AvgIpc) is 1.35. The monoisotopic (exact) mass is 184 g/mol. The second kappa shape index (κ2) is 22.6. The van der Waals surface area contributed by atoms with Crippen LogP contribution in [0.15, 0.2) is 0 Å². The molecule has 0 aliphatic rings. The zero-order valence-electron chi connectivity index (χ0n) is 5.27. The number of carboxylic acid groups (broad SMARTS) is 1. The van der Waals surface area contributed by atoms with Gasteiger partial charge in [-0.25, -0.2) is 0 Å². The van der Waals surface area contributed by atoms with Crippen molar-refractivity contribution in [2.45, 2.75) is 19.8 Å². The molecule has 0 aromatic heterocycles. The van der Waals surface area contributed by atoms with Gasteiger partial charge in [0.05, 0.1) is 0 Å². The Labute approximate surface area is 89.3 Å². The normalized spacial score (nSPS) is 4.90. The van der Waals surface area contributed by atoms with Gasteiger partial charge in [-0.3, -0.25) is 4.79 Å². The van der Waals surface area contributed by atoms with Crippen molar-refractivity contribution < 1.29 is 26.3 Å². The maximum atomic E-state index is 9.60. The summed E-state index contributed by atoms with van der Waals surface area (Å²) in [6, 6.07) is 0. The van der Waals surface area contributed by atoms with Gasteiger partial charge in [-0.2, -0.15) is 0 Å². The molecular weight excluding hydrogens is 168 g/mol. The third kappa shape index (κ3) is 38.3. The van der Waals surface area contributed by atoms with Gasteiger partial charge in [-0.1, -0.05) is 6.92 Å². The first-order valence-electron chi connectivity index (χ1n) is 1.99. The van der Waals surface area contributed by atoms with E-state index in [-0.39, 0.29) is 54.2 Å². The van der Waals surface area contributed by atoms with Crippen molar-refractivity contribution in [2.75, 3.05) is 0 Å². The maximum absolute atomic E-state index is 9.60. The van der Waals surface area contributed by atoms with Crippen LogP contribution in [0.25, 0.3) is 0 Å². The number of rotatable bonds is 2. The van der Waals surface area contributed by atoms with Gasteiger partial charge < -0.3 is 21.5 Å². The Morgan fingerprint density at radius 3 is 1.60 bits per heavy atom. The van der Waals surface area contributed by atoms with Gasteiger partial charge in [0.25, 0.3) is 0 Å². The third-order valence-electron chi connectivity index (χ3n) is 0.464. The Hall–Kier alpha value is 0.610. The van der Waals surface area contributed by atoms with Gasteiger partial charge in [0.1, 0.15) is 0 Å². The predicted octanol–water partition coefficient (Wildman–Crippen LogP) is -2.52. The summed E-state index contributed by atoms with van der Waals surface area (Å²) >= 11 is 0. The van der Waals surface area contributed by atoms with Gasteiger partial charge in [0.2, 0.25) is 0 Å². The molecule has 10 heavy (non-hydrogen) atoms. The fourth-order valence-electron chi connectivity index (χ4n) is 0.214. The summed E-state index contributed by atoms with van der Waals surface area (Å²) in [7, 11) is 0.